The van der Waals surface area contributed by atoms with Gasteiger partial charge in [-0.05, 0) is 39.7 Å². The Bertz CT molecular complexity index is 456. The van der Waals surface area contributed by atoms with E-state index >= 15 is 0 Å². The van der Waals surface area contributed by atoms with Gasteiger partial charge in [0.2, 0.25) is 0 Å². The molecule has 0 aliphatic heterocycles. The fraction of sp³-hybridized carbons (Fsp3) is 0.692. The van der Waals surface area contributed by atoms with Gasteiger partial charge in [-0.2, -0.15) is 0 Å². The molecular formula is C13H21N3O2. The molecule has 0 amide bonds. The third-order valence-corrected chi connectivity index (χ3v) is 3.55. The van der Waals surface area contributed by atoms with Gasteiger partial charge in [0.15, 0.2) is 0 Å². The first kappa shape index (κ1) is 13.1. The zero-order valence-electron chi connectivity index (χ0n) is 11.0. The fourth-order valence-electron chi connectivity index (χ4n) is 2.46. The maximum Gasteiger partial charge on any atom is 0.313 e. The van der Waals surface area contributed by atoms with Crippen LogP contribution in [0.5, 0.6) is 5.88 Å². The molecule has 1 fully saturated rings. The molecule has 5 nitrogen and oxygen atoms in total. The summed E-state index contributed by atoms with van der Waals surface area (Å²) in [6.45, 7) is 4.53. The number of hydrogen-bond acceptors (Lipinski definition) is 4. The Hall–Kier alpha value is -1.36. The molecule has 1 saturated carbocycles. The number of nitrogens with two attached hydrogens (primary N) is 1. The van der Waals surface area contributed by atoms with Crippen LogP contribution in [0.4, 0.5) is 0 Å². The molecule has 1 heterocycles. The summed E-state index contributed by atoms with van der Waals surface area (Å²) in [5, 5.41) is 0. The van der Waals surface area contributed by atoms with Gasteiger partial charge in [-0.3, -0.25) is 4.79 Å². The van der Waals surface area contributed by atoms with Gasteiger partial charge in [0.1, 0.15) is 6.10 Å². The van der Waals surface area contributed by atoms with Crippen molar-refractivity contribution >= 4 is 0 Å². The van der Waals surface area contributed by atoms with E-state index in [2.05, 4.69) is 4.98 Å². The van der Waals surface area contributed by atoms with Gasteiger partial charge < -0.3 is 15.0 Å². The molecule has 5 heteroatoms. The average Bonchev–Trinajstić information content (AvgIpc) is 2.78. The molecule has 0 aromatic carbocycles. The van der Waals surface area contributed by atoms with Crippen molar-refractivity contribution in [3.05, 3.63) is 22.7 Å². The van der Waals surface area contributed by atoms with Crippen molar-refractivity contribution in [2.45, 2.75) is 45.3 Å². The van der Waals surface area contributed by atoms with Crippen LogP contribution in [0.25, 0.3) is 0 Å². The second kappa shape index (κ2) is 5.52. The van der Waals surface area contributed by atoms with Crippen molar-refractivity contribution in [1.29, 1.82) is 0 Å². The number of hydrogen-bond donors (Lipinski definition) is 1. The van der Waals surface area contributed by atoms with Crippen LogP contribution < -0.4 is 16.0 Å². The molecule has 2 unspecified atom stereocenters. The van der Waals surface area contributed by atoms with Gasteiger partial charge in [-0.1, -0.05) is 0 Å². The first-order valence-corrected chi connectivity index (χ1v) is 6.57. The standard InChI is InChI=1S/C13H21N3O2/c1-9(2)16-7-6-15-12(13(16)17)18-11-5-3-4-10(11)8-14/h6-7,9-11H,3-5,8,14H2,1-2H3. The highest BCUT2D eigenvalue weighted by Crippen LogP contribution is 2.27. The van der Waals surface area contributed by atoms with Crippen LogP contribution in [0.1, 0.15) is 39.2 Å². The van der Waals surface area contributed by atoms with E-state index < -0.39 is 0 Å². The van der Waals surface area contributed by atoms with Gasteiger partial charge in [0.05, 0.1) is 0 Å². The second-order valence-corrected chi connectivity index (χ2v) is 5.12. The molecule has 2 atom stereocenters. The minimum atomic E-state index is -0.157. The molecule has 100 valence electrons. The Morgan fingerprint density at radius 1 is 1.56 bits per heavy atom. The SMILES string of the molecule is CC(C)n1ccnc(OC2CCCC2CN)c1=O. The van der Waals surface area contributed by atoms with E-state index in [9.17, 15) is 4.79 Å². The minimum Gasteiger partial charge on any atom is -0.470 e. The average molecular weight is 251 g/mol. The Labute approximate surface area is 107 Å². The highest BCUT2D eigenvalue weighted by Gasteiger charge is 2.29. The van der Waals surface area contributed by atoms with Crippen molar-refractivity contribution in [2.24, 2.45) is 11.7 Å². The van der Waals surface area contributed by atoms with Crippen LogP contribution in [0.3, 0.4) is 0 Å². The highest BCUT2D eigenvalue weighted by molar-refractivity contribution is 5.06. The van der Waals surface area contributed by atoms with E-state index in [0.29, 0.717) is 12.5 Å². The van der Waals surface area contributed by atoms with Gasteiger partial charge in [0, 0.05) is 24.4 Å². The zero-order valence-corrected chi connectivity index (χ0v) is 11.0. The topological polar surface area (TPSA) is 70.1 Å². The molecule has 1 aliphatic carbocycles. The molecule has 18 heavy (non-hydrogen) atoms. The predicted molar refractivity (Wildman–Crippen MR) is 69.7 cm³/mol. The molecule has 1 aliphatic rings. The Balaban J connectivity index is 2.19. The molecule has 1 aromatic heterocycles. The first-order valence-electron chi connectivity index (χ1n) is 6.57. The van der Waals surface area contributed by atoms with Crippen LogP contribution in [0.2, 0.25) is 0 Å². The van der Waals surface area contributed by atoms with Crippen LogP contribution in [0, 0.1) is 5.92 Å². The zero-order chi connectivity index (χ0) is 13.1. The largest absolute Gasteiger partial charge is 0.470 e. The lowest BCUT2D eigenvalue weighted by Crippen LogP contribution is -2.32. The van der Waals surface area contributed by atoms with Gasteiger partial charge in [0.25, 0.3) is 5.88 Å². The summed E-state index contributed by atoms with van der Waals surface area (Å²) in [5.41, 5.74) is 5.55. The predicted octanol–water partition coefficient (Wildman–Crippen LogP) is 1.33. The van der Waals surface area contributed by atoms with Crippen LogP contribution in [-0.2, 0) is 0 Å². The molecule has 0 radical (unpaired) electrons. The van der Waals surface area contributed by atoms with Crippen LogP contribution in [-0.4, -0.2) is 22.2 Å². The Morgan fingerprint density at radius 3 is 3.00 bits per heavy atom. The molecule has 2 N–H and O–H groups in total. The summed E-state index contributed by atoms with van der Waals surface area (Å²) in [5.74, 6) is 0.551. The summed E-state index contributed by atoms with van der Waals surface area (Å²) in [6, 6.07) is 0.108. The maximum absolute atomic E-state index is 12.1. The quantitative estimate of drug-likeness (QED) is 0.876. The monoisotopic (exact) mass is 251 g/mol. The summed E-state index contributed by atoms with van der Waals surface area (Å²) < 4.78 is 7.41. The smallest absolute Gasteiger partial charge is 0.313 e. The lowest BCUT2D eigenvalue weighted by atomic mass is 10.1. The highest BCUT2D eigenvalue weighted by atomic mass is 16.5. The third-order valence-electron chi connectivity index (χ3n) is 3.55. The van der Waals surface area contributed by atoms with E-state index in [4.69, 9.17) is 10.5 Å². The number of nitrogens with zero attached hydrogens (tertiary/aromatic N) is 2. The van der Waals surface area contributed by atoms with Gasteiger partial charge >= 0.3 is 5.56 Å². The van der Waals surface area contributed by atoms with E-state index in [1.807, 2.05) is 13.8 Å². The van der Waals surface area contributed by atoms with Crippen LogP contribution >= 0.6 is 0 Å². The number of aromatic nitrogens is 2. The number of rotatable bonds is 4. The number of ether oxygens (including phenoxy) is 1. The molecule has 1 aromatic rings. The normalized spacial score (nSPS) is 23.6. The third kappa shape index (κ3) is 2.56. The van der Waals surface area contributed by atoms with E-state index in [1.165, 1.54) is 0 Å². The van der Waals surface area contributed by atoms with Crippen molar-refractivity contribution in [2.75, 3.05) is 6.54 Å². The maximum atomic E-state index is 12.1. The molecule has 2 rings (SSSR count). The Kier molecular flexibility index (Phi) is 4.01. The summed E-state index contributed by atoms with van der Waals surface area (Å²) in [6.07, 6.45) is 6.49. The van der Waals surface area contributed by atoms with Crippen molar-refractivity contribution < 1.29 is 4.74 Å². The first-order chi connectivity index (χ1) is 8.63. The molecule has 0 spiro atoms. The summed E-state index contributed by atoms with van der Waals surface area (Å²) in [4.78, 5) is 16.2. The second-order valence-electron chi connectivity index (χ2n) is 5.12. The lowest BCUT2D eigenvalue weighted by molar-refractivity contribution is 0.151. The minimum absolute atomic E-state index is 0.0400. The van der Waals surface area contributed by atoms with Crippen LogP contribution in [0.15, 0.2) is 17.2 Å². The fourth-order valence-corrected chi connectivity index (χ4v) is 2.46. The van der Waals surface area contributed by atoms with Gasteiger partial charge in [-0.25, -0.2) is 4.98 Å². The summed E-state index contributed by atoms with van der Waals surface area (Å²) >= 11 is 0. The Morgan fingerprint density at radius 2 is 2.33 bits per heavy atom. The summed E-state index contributed by atoms with van der Waals surface area (Å²) in [7, 11) is 0. The van der Waals surface area contributed by atoms with E-state index in [1.54, 1.807) is 17.0 Å². The molecule has 0 bridgehead atoms. The van der Waals surface area contributed by atoms with Crippen molar-refractivity contribution in [3.8, 4) is 5.88 Å². The molecule has 0 saturated heterocycles. The van der Waals surface area contributed by atoms with Crippen molar-refractivity contribution in [3.63, 3.8) is 0 Å². The van der Waals surface area contributed by atoms with E-state index in [0.717, 1.165) is 19.3 Å². The molecular weight excluding hydrogens is 230 g/mol. The van der Waals surface area contributed by atoms with Crippen molar-refractivity contribution in [1.82, 2.24) is 9.55 Å². The lowest BCUT2D eigenvalue weighted by Gasteiger charge is -2.19. The van der Waals surface area contributed by atoms with E-state index in [-0.39, 0.29) is 23.6 Å². The van der Waals surface area contributed by atoms with Gasteiger partial charge in [-0.15, -0.1) is 0 Å².